The van der Waals surface area contributed by atoms with Gasteiger partial charge in [0.1, 0.15) is 17.9 Å². The maximum absolute atomic E-state index is 14.0. The molecule has 3 fully saturated rings. The molecule has 1 aliphatic carbocycles. The van der Waals surface area contributed by atoms with Gasteiger partial charge in [0.25, 0.3) is 0 Å². The highest BCUT2D eigenvalue weighted by Crippen LogP contribution is 2.40. The molecule has 218 valence electrons. The van der Waals surface area contributed by atoms with Crippen LogP contribution < -0.4 is 15.1 Å². The number of nitrogens with one attached hydrogen (secondary N) is 1. The second-order valence-electron chi connectivity index (χ2n) is 12.5. The summed E-state index contributed by atoms with van der Waals surface area (Å²) in [6, 6.07) is 0.0539. The van der Waals surface area contributed by atoms with Crippen LogP contribution in [0.2, 0.25) is 0 Å². The van der Waals surface area contributed by atoms with Crippen molar-refractivity contribution in [2.45, 2.75) is 76.3 Å². The number of nitrogens with zero attached hydrogens (tertiary/aromatic N) is 8. The Balaban J connectivity index is 1.31. The predicted molar refractivity (Wildman–Crippen MR) is 148 cm³/mol. The number of carbonyl (C=O) groups excluding carboxylic acids is 2. The Morgan fingerprint density at radius 1 is 1.20 bits per heavy atom. The minimum absolute atomic E-state index is 0.0897. The number of hydrogen-bond acceptors (Lipinski definition) is 10. The molecule has 2 amide bonds. The lowest BCUT2D eigenvalue weighted by molar-refractivity contribution is -0.144. The monoisotopic (exact) mass is 555 g/mol. The van der Waals surface area contributed by atoms with Crippen molar-refractivity contribution in [1.82, 2.24) is 35.2 Å². The van der Waals surface area contributed by atoms with Crippen molar-refractivity contribution in [2.75, 3.05) is 50.6 Å². The largest absolute Gasteiger partial charge is 0.391 e. The van der Waals surface area contributed by atoms with Gasteiger partial charge in [-0.05, 0) is 24.3 Å². The highest BCUT2D eigenvalue weighted by molar-refractivity contribution is 5.90. The molecule has 2 aliphatic heterocycles. The zero-order valence-electron chi connectivity index (χ0n) is 24.2. The number of aromatic nitrogens is 5. The molecule has 0 unspecified atom stereocenters. The Morgan fingerprint density at radius 2 is 1.95 bits per heavy atom. The van der Waals surface area contributed by atoms with Crippen LogP contribution in [-0.4, -0.2) is 112 Å². The van der Waals surface area contributed by atoms with Crippen molar-refractivity contribution < 1.29 is 19.4 Å². The molecule has 5 rings (SSSR count). The van der Waals surface area contributed by atoms with Crippen molar-refractivity contribution in [1.29, 1.82) is 0 Å². The molecule has 40 heavy (non-hydrogen) atoms. The van der Waals surface area contributed by atoms with Crippen LogP contribution in [0.3, 0.4) is 0 Å². The zero-order valence-corrected chi connectivity index (χ0v) is 24.2. The van der Waals surface area contributed by atoms with Gasteiger partial charge < -0.3 is 29.9 Å². The fraction of sp³-hybridized carbons (Fsp3) is 0.704. The molecule has 13 heteroatoms. The first-order valence-corrected chi connectivity index (χ1v) is 13.9. The van der Waals surface area contributed by atoms with Gasteiger partial charge in [-0.3, -0.25) is 9.59 Å². The van der Waals surface area contributed by atoms with E-state index in [-0.39, 0.29) is 36.9 Å². The Hall–Kier alpha value is -3.32. The van der Waals surface area contributed by atoms with E-state index < -0.39 is 23.6 Å². The molecule has 13 nitrogen and oxygen atoms in total. The maximum Gasteiger partial charge on any atom is 0.248 e. The molecule has 2 saturated heterocycles. The molecular formula is C27H41N9O4. The van der Waals surface area contributed by atoms with E-state index >= 15 is 0 Å². The van der Waals surface area contributed by atoms with Crippen molar-refractivity contribution in [3.05, 3.63) is 24.2 Å². The average molecular weight is 556 g/mol. The van der Waals surface area contributed by atoms with Gasteiger partial charge >= 0.3 is 0 Å². The summed E-state index contributed by atoms with van der Waals surface area (Å²) in [6.45, 7) is 7.04. The van der Waals surface area contributed by atoms with E-state index in [0.29, 0.717) is 25.0 Å². The first-order valence-electron chi connectivity index (χ1n) is 13.9. The molecule has 0 bridgehead atoms. The molecule has 2 N–H and O–H groups in total. The summed E-state index contributed by atoms with van der Waals surface area (Å²) in [5.41, 5.74) is 0.409. The summed E-state index contributed by atoms with van der Waals surface area (Å²) in [6.07, 6.45) is 4.86. The lowest BCUT2D eigenvalue weighted by Crippen LogP contribution is -2.54. The number of aliphatic hydroxyl groups excluding tert-OH is 1. The Labute approximate surface area is 234 Å². The van der Waals surface area contributed by atoms with Gasteiger partial charge in [-0.2, -0.15) is 4.98 Å². The van der Waals surface area contributed by atoms with Crippen molar-refractivity contribution in [2.24, 2.45) is 5.41 Å². The smallest absolute Gasteiger partial charge is 0.248 e. The molecule has 0 radical (unpaired) electrons. The van der Waals surface area contributed by atoms with Crippen molar-refractivity contribution >= 4 is 23.6 Å². The van der Waals surface area contributed by atoms with Gasteiger partial charge in [0.15, 0.2) is 0 Å². The lowest BCUT2D eigenvalue weighted by atomic mass is 9.85. The highest BCUT2D eigenvalue weighted by atomic mass is 16.5. The van der Waals surface area contributed by atoms with Crippen LogP contribution >= 0.6 is 0 Å². The fourth-order valence-corrected chi connectivity index (χ4v) is 5.67. The molecule has 2 aromatic rings. The summed E-state index contributed by atoms with van der Waals surface area (Å²) in [5, 5.41) is 22.3. The number of hydrogen-bond donors (Lipinski definition) is 2. The third-order valence-electron chi connectivity index (χ3n) is 7.96. The lowest BCUT2D eigenvalue weighted by Gasteiger charge is -2.35. The van der Waals surface area contributed by atoms with E-state index in [2.05, 4.69) is 30.5 Å². The van der Waals surface area contributed by atoms with Crippen LogP contribution in [0.4, 0.5) is 11.8 Å². The van der Waals surface area contributed by atoms with Crippen LogP contribution in [0.15, 0.2) is 18.5 Å². The molecular weight excluding hydrogens is 514 g/mol. The molecule has 5 atom stereocenters. The quantitative estimate of drug-likeness (QED) is 0.475. The van der Waals surface area contributed by atoms with Gasteiger partial charge in [0.05, 0.1) is 23.9 Å². The highest BCUT2D eigenvalue weighted by Gasteiger charge is 2.46. The Kier molecular flexibility index (Phi) is 7.71. The number of methoxy groups -OCH3 is 1. The van der Waals surface area contributed by atoms with Gasteiger partial charge in [0.2, 0.25) is 17.8 Å². The summed E-state index contributed by atoms with van der Waals surface area (Å²) < 4.78 is 7.35. The number of ether oxygens (including phenoxy) is 1. The Morgan fingerprint density at radius 3 is 2.60 bits per heavy atom. The molecule has 1 saturated carbocycles. The maximum atomic E-state index is 14.0. The van der Waals surface area contributed by atoms with Crippen LogP contribution in [-0.2, 0) is 14.3 Å². The number of anilines is 2. The van der Waals surface area contributed by atoms with Gasteiger partial charge in [-0.1, -0.05) is 26.0 Å². The van der Waals surface area contributed by atoms with E-state index in [1.807, 2.05) is 52.0 Å². The summed E-state index contributed by atoms with van der Waals surface area (Å²) >= 11 is 0. The van der Waals surface area contributed by atoms with Crippen molar-refractivity contribution in [3.8, 4) is 0 Å². The van der Waals surface area contributed by atoms with Crippen LogP contribution in [0, 0.1) is 5.41 Å². The number of amides is 2. The number of carbonyl (C=O) groups is 2. The molecule has 3 aliphatic rings. The number of β-amino-alcohol motifs (C(OH)–C–C–N with tert-alkyl or cyclic N) is 1. The third-order valence-corrected chi connectivity index (χ3v) is 7.96. The minimum atomic E-state index is -0.801. The van der Waals surface area contributed by atoms with Crippen LogP contribution in [0.1, 0.15) is 57.7 Å². The van der Waals surface area contributed by atoms with E-state index in [9.17, 15) is 14.7 Å². The summed E-state index contributed by atoms with van der Waals surface area (Å²) in [5.74, 6) is 1.20. The second-order valence-corrected chi connectivity index (χ2v) is 12.5. The fourth-order valence-electron chi connectivity index (χ4n) is 5.67. The third kappa shape index (κ3) is 5.75. The zero-order chi connectivity index (χ0) is 28.8. The first kappa shape index (κ1) is 28.2. The standard InChI is InChI=1S/C27H41N9O4/c1-27(2,3)23(36-14-18(31-32-36)16-7-8-16)25(39)35-12-17(37)11-20(35)24(38)29-19-13-34(15-21(19)40-6)22-9-10-28-26(30-22)33(4)5/h9-10,14,16-17,19-21,23,37H,7-8,11-13,15H2,1-6H3,(H,29,38)/t17-,19+,20+,21-,23-/m1/s1. The van der Waals surface area contributed by atoms with Gasteiger partial charge in [0, 0.05) is 65.6 Å². The minimum Gasteiger partial charge on any atom is -0.391 e. The number of likely N-dealkylation sites (tertiary alicyclic amines) is 1. The predicted octanol–water partition coefficient (Wildman–Crippen LogP) is 0.581. The first-order chi connectivity index (χ1) is 19.0. The summed E-state index contributed by atoms with van der Waals surface area (Å²) in [4.78, 5) is 42.0. The molecule has 2 aromatic heterocycles. The van der Waals surface area contributed by atoms with Gasteiger partial charge in [-0.25, -0.2) is 9.67 Å². The molecule has 4 heterocycles. The van der Waals surface area contributed by atoms with Crippen molar-refractivity contribution in [3.63, 3.8) is 0 Å². The average Bonchev–Trinajstić information content (AvgIpc) is 3.29. The SMILES string of the molecule is CO[C@@H]1CN(c2ccnc(N(C)C)n2)C[C@@H]1NC(=O)[C@@H]1C[C@@H](O)CN1C(=O)[C@@H](n1cc(C2CC2)nn1)C(C)(C)C. The van der Waals surface area contributed by atoms with Gasteiger partial charge in [-0.15, -0.1) is 5.10 Å². The Bertz CT molecular complexity index is 1220. The molecule has 0 aromatic carbocycles. The van der Waals surface area contributed by atoms with E-state index in [1.165, 1.54) is 4.90 Å². The topological polar surface area (TPSA) is 142 Å². The second kappa shape index (κ2) is 10.9. The van der Waals surface area contributed by atoms with E-state index in [4.69, 9.17) is 4.74 Å². The van der Waals surface area contributed by atoms with E-state index in [1.54, 1.807) is 18.0 Å². The molecule has 0 spiro atoms. The van der Waals surface area contributed by atoms with Crippen LogP contribution in [0.25, 0.3) is 0 Å². The normalized spacial score (nSPS) is 25.8. The summed E-state index contributed by atoms with van der Waals surface area (Å²) in [7, 11) is 5.38. The van der Waals surface area contributed by atoms with E-state index in [0.717, 1.165) is 24.4 Å². The number of rotatable bonds is 8. The number of aliphatic hydroxyl groups is 1. The van der Waals surface area contributed by atoms with Crippen LogP contribution in [0.5, 0.6) is 0 Å².